The summed E-state index contributed by atoms with van der Waals surface area (Å²) >= 11 is 0. The fourth-order valence-corrected chi connectivity index (χ4v) is 2.59. The molecule has 4 heteroatoms. The number of hydrogen-bond acceptors (Lipinski definition) is 3. The van der Waals surface area contributed by atoms with Crippen LogP contribution in [0.15, 0.2) is 24.3 Å². The van der Waals surface area contributed by atoms with Crippen molar-refractivity contribution in [2.45, 2.75) is 38.5 Å². The molecule has 3 atom stereocenters. The van der Waals surface area contributed by atoms with Crippen LogP contribution < -0.4 is 5.73 Å². The molecule has 1 heterocycles. The lowest BCUT2D eigenvalue weighted by atomic mass is 9.99. The Morgan fingerprint density at radius 3 is 2.74 bits per heavy atom. The summed E-state index contributed by atoms with van der Waals surface area (Å²) < 4.78 is 18.6. The van der Waals surface area contributed by atoms with Gasteiger partial charge in [-0.3, -0.25) is 4.90 Å². The number of nitrogens with zero attached hydrogens (tertiary/aromatic N) is 1. The van der Waals surface area contributed by atoms with E-state index in [2.05, 4.69) is 18.7 Å². The van der Waals surface area contributed by atoms with Crippen molar-refractivity contribution < 1.29 is 9.13 Å². The molecular weight excluding hydrogens is 243 g/mol. The first-order chi connectivity index (χ1) is 9.08. The molecular formula is C15H23FN2O. The first-order valence-corrected chi connectivity index (χ1v) is 6.94. The van der Waals surface area contributed by atoms with Crippen LogP contribution in [-0.2, 0) is 4.74 Å². The monoisotopic (exact) mass is 266 g/mol. The van der Waals surface area contributed by atoms with Gasteiger partial charge in [0.25, 0.3) is 0 Å². The molecule has 0 aliphatic carbocycles. The second kappa shape index (κ2) is 6.46. The Bertz CT molecular complexity index is 396. The summed E-state index contributed by atoms with van der Waals surface area (Å²) in [4.78, 5) is 2.37. The molecule has 19 heavy (non-hydrogen) atoms. The van der Waals surface area contributed by atoms with Gasteiger partial charge in [0, 0.05) is 31.8 Å². The highest BCUT2D eigenvalue weighted by atomic mass is 19.1. The van der Waals surface area contributed by atoms with Crippen molar-refractivity contribution in [3.63, 3.8) is 0 Å². The average Bonchev–Trinajstić information content (AvgIpc) is 2.62. The standard InChI is InChI=1S/C15H23FN2O/c1-11-10-18(8-3-9-19-11)12(2)15(17)13-4-6-14(16)7-5-13/h4-7,11-12,15H,3,8-10,17H2,1-2H3. The summed E-state index contributed by atoms with van der Waals surface area (Å²) in [5, 5.41) is 0. The summed E-state index contributed by atoms with van der Waals surface area (Å²) in [6, 6.07) is 6.59. The van der Waals surface area contributed by atoms with E-state index in [1.54, 1.807) is 12.1 Å². The van der Waals surface area contributed by atoms with Crippen LogP contribution in [0.25, 0.3) is 0 Å². The van der Waals surface area contributed by atoms with E-state index in [1.165, 1.54) is 12.1 Å². The van der Waals surface area contributed by atoms with Gasteiger partial charge in [-0.15, -0.1) is 0 Å². The van der Waals surface area contributed by atoms with Crippen LogP contribution in [0.5, 0.6) is 0 Å². The van der Waals surface area contributed by atoms with E-state index in [0.717, 1.165) is 31.7 Å². The zero-order valence-corrected chi connectivity index (χ0v) is 11.7. The topological polar surface area (TPSA) is 38.5 Å². The van der Waals surface area contributed by atoms with Crippen molar-refractivity contribution in [1.29, 1.82) is 0 Å². The molecule has 106 valence electrons. The lowest BCUT2D eigenvalue weighted by molar-refractivity contribution is 0.0597. The smallest absolute Gasteiger partial charge is 0.123 e. The molecule has 2 N–H and O–H groups in total. The van der Waals surface area contributed by atoms with E-state index in [4.69, 9.17) is 10.5 Å². The summed E-state index contributed by atoms with van der Waals surface area (Å²) in [5.41, 5.74) is 7.29. The molecule has 3 nitrogen and oxygen atoms in total. The molecule has 1 aromatic carbocycles. The van der Waals surface area contributed by atoms with Gasteiger partial charge in [-0.05, 0) is 38.0 Å². The normalized spacial score (nSPS) is 24.7. The van der Waals surface area contributed by atoms with Crippen LogP contribution in [0.1, 0.15) is 31.9 Å². The highest BCUT2D eigenvalue weighted by Crippen LogP contribution is 2.21. The van der Waals surface area contributed by atoms with E-state index in [9.17, 15) is 4.39 Å². The molecule has 1 fully saturated rings. The third-order valence-electron chi connectivity index (χ3n) is 3.83. The molecule has 1 aliphatic heterocycles. The van der Waals surface area contributed by atoms with Crippen LogP contribution in [0, 0.1) is 5.82 Å². The molecule has 1 aliphatic rings. The molecule has 0 amide bonds. The summed E-state index contributed by atoms with van der Waals surface area (Å²) in [7, 11) is 0. The number of nitrogens with two attached hydrogens (primary N) is 1. The largest absolute Gasteiger partial charge is 0.377 e. The van der Waals surface area contributed by atoms with Gasteiger partial charge in [-0.1, -0.05) is 12.1 Å². The maximum atomic E-state index is 12.9. The van der Waals surface area contributed by atoms with Gasteiger partial charge in [0.1, 0.15) is 5.82 Å². The van der Waals surface area contributed by atoms with Gasteiger partial charge < -0.3 is 10.5 Å². The van der Waals surface area contributed by atoms with Crippen LogP contribution in [0.2, 0.25) is 0 Å². The highest BCUT2D eigenvalue weighted by molar-refractivity contribution is 5.21. The molecule has 1 saturated heterocycles. The number of ether oxygens (including phenoxy) is 1. The van der Waals surface area contributed by atoms with Gasteiger partial charge >= 0.3 is 0 Å². The summed E-state index contributed by atoms with van der Waals surface area (Å²) in [6.07, 6.45) is 1.27. The van der Waals surface area contributed by atoms with Gasteiger partial charge in [0.15, 0.2) is 0 Å². The fraction of sp³-hybridized carbons (Fsp3) is 0.600. The van der Waals surface area contributed by atoms with E-state index < -0.39 is 0 Å². The molecule has 0 radical (unpaired) electrons. The van der Waals surface area contributed by atoms with Gasteiger partial charge in [0.2, 0.25) is 0 Å². The Kier molecular flexibility index (Phi) is 4.91. The zero-order valence-electron chi connectivity index (χ0n) is 11.7. The molecule has 3 unspecified atom stereocenters. The minimum Gasteiger partial charge on any atom is -0.377 e. The van der Waals surface area contributed by atoms with E-state index >= 15 is 0 Å². The van der Waals surface area contributed by atoms with Crippen LogP contribution in [-0.4, -0.2) is 36.7 Å². The maximum absolute atomic E-state index is 12.9. The molecule has 0 bridgehead atoms. The molecule has 2 rings (SSSR count). The Labute approximate surface area is 114 Å². The minimum atomic E-state index is -0.222. The predicted octanol–water partition coefficient (Wildman–Crippen LogP) is 2.32. The average molecular weight is 266 g/mol. The van der Waals surface area contributed by atoms with Crippen molar-refractivity contribution in [2.75, 3.05) is 19.7 Å². The zero-order chi connectivity index (χ0) is 13.8. The molecule has 0 saturated carbocycles. The predicted molar refractivity (Wildman–Crippen MR) is 74.4 cm³/mol. The number of benzene rings is 1. The Morgan fingerprint density at radius 2 is 2.05 bits per heavy atom. The molecule has 0 aromatic heterocycles. The summed E-state index contributed by atoms with van der Waals surface area (Å²) in [6.45, 7) is 6.94. The molecule has 0 spiro atoms. The Hall–Kier alpha value is -0.970. The van der Waals surface area contributed by atoms with Crippen molar-refractivity contribution in [3.05, 3.63) is 35.6 Å². The fourth-order valence-electron chi connectivity index (χ4n) is 2.59. The van der Waals surface area contributed by atoms with Gasteiger partial charge in [-0.2, -0.15) is 0 Å². The first-order valence-electron chi connectivity index (χ1n) is 6.94. The maximum Gasteiger partial charge on any atom is 0.123 e. The van der Waals surface area contributed by atoms with Crippen molar-refractivity contribution in [1.82, 2.24) is 4.90 Å². The number of rotatable bonds is 3. The first kappa shape index (κ1) is 14.4. The van der Waals surface area contributed by atoms with E-state index in [0.29, 0.717) is 0 Å². The van der Waals surface area contributed by atoms with Gasteiger partial charge in [-0.25, -0.2) is 4.39 Å². The Balaban J connectivity index is 2.04. The lowest BCUT2D eigenvalue weighted by Crippen LogP contribution is -2.43. The van der Waals surface area contributed by atoms with E-state index in [-0.39, 0.29) is 24.0 Å². The lowest BCUT2D eigenvalue weighted by Gasteiger charge is -2.33. The van der Waals surface area contributed by atoms with Crippen LogP contribution in [0.4, 0.5) is 4.39 Å². The van der Waals surface area contributed by atoms with Crippen LogP contribution in [0.3, 0.4) is 0 Å². The molecule has 1 aromatic rings. The van der Waals surface area contributed by atoms with Crippen molar-refractivity contribution in [3.8, 4) is 0 Å². The van der Waals surface area contributed by atoms with Crippen LogP contribution >= 0.6 is 0 Å². The SMILES string of the molecule is CC1CN(C(C)C(N)c2ccc(F)cc2)CCCO1. The van der Waals surface area contributed by atoms with Gasteiger partial charge in [0.05, 0.1) is 6.10 Å². The number of halogens is 1. The van der Waals surface area contributed by atoms with E-state index in [1.807, 2.05) is 0 Å². The van der Waals surface area contributed by atoms with Crippen molar-refractivity contribution in [2.24, 2.45) is 5.73 Å². The van der Waals surface area contributed by atoms with Crippen molar-refractivity contribution >= 4 is 0 Å². The Morgan fingerprint density at radius 1 is 1.37 bits per heavy atom. The highest BCUT2D eigenvalue weighted by Gasteiger charge is 2.25. The number of hydrogen-bond donors (Lipinski definition) is 1. The quantitative estimate of drug-likeness (QED) is 0.912. The third kappa shape index (κ3) is 3.75. The minimum absolute atomic E-state index is 0.106. The second-order valence-electron chi connectivity index (χ2n) is 5.35. The summed E-state index contributed by atoms with van der Waals surface area (Å²) in [5.74, 6) is -0.222. The second-order valence-corrected chi connectivity index (χ2v) is 5.35. The third-order valence-corrected chi connectivity index (χ3v) is 3.83.